The molecular weight excluding hydrogens is 414 g/mol. The van der Waals surface area contributed by atoms with Gasteiger partial charge in [-0.2, -0.15) is 0 Å². The molecule has 0 bridgehead atoms. The number of esters is 1. The van der Waals surface area contributed by atoms with E-state index in [1.54, 1.807) is 17.8 Å². The van der Waals surface area contributed by atoms with Crippen LogP contribution in [0.1, 0.15) is 6.42 Å². The lowest BCUT2D eigenvalue weighted by atomic mass is 10.1. The molecule has 4 aromatic rings. The van der Waals surface area contributed by atoms with Crippen LogP contribution in [0, 0.1) is 0 Å². The monoisotopic (exact) mass is 435 g/mol. The number of methoxy groups -OCH3 is 1. The van der Waals surface area contributed by atoms with Gasteiger partial charge in [-0.25, -0.2) is 0 Å². The predicted octanol–water partition coefficient (Wildman–Crippen LogP) is 5.26. The van der Waals surface area contributed by atoms with Crippen molar-refractivity contribution in [2.45, 2.75) is 11.3 Å². The third-order valence-electron chi connectivity index (χ3n) is 4.66. The first-order chi connectivity index (χ1) is 15.1. The molecule has 0 aliphatic heterocycles. The zero-order valence-corrected chi connectivity index (χ0v) is 17.7. The lowest BCUT2D eigenvalue weighted by Crippen LogP contribution is -2.21. The Bertz CT molecular complexity index is 1220. The van der Waals surface area contributed by atoms with Crippen molar-refractivity contribution in [2.75, 3.05) is 24.8 Å². The Morgan fingerprint density at radius 3 is 2.55 bits per heavy atom. The summed E-state index contributed by atoms with van der Waals surface area (Å²) in [6, 6.07) is 21.0. The van der Waals surface area contributed by atoms with Gasteiger partial charge in [0.2, 0.25) is 0 Å². The summed E-state index contributed by atoms with van der Waals surface area (Å²) >= 11 is 1.56. The minimum atomic E-state index is -0.446. The number of carbonyl (C=O) groups is 2. The van der Waals surface area contributed by atoms with Gasteiger partial charge in [0.15, 0.2) is 6.61 Å². The van der Waals surface area contributed by atoms with Crippen LogP contribution in [0.4, 0.5) is 5.69 Å². The summed E-state index contributed by atoms with van der Waals surface area (Å²) < 4.78 is 16.4. The molecule has 1 heterocycles. The van der Waals surface area contributed by atoms with Gasteiger partial charge in [0.1, 0.15) is 16.9 Å². The average molecular weight is 436 g/mol. The number of benzene rings is 3. The van der Waals surface area contributed by atoms with Gasteiger partial charge in [-0.3, -0.25) is 9.59 Å². The average Bonchev–Trinajstić information content (AvgIpc) is 3.15. The Labute approximate surface area is 183 Å². The molecule has 0 saturated heterocycles. The Balaban J connectivity index is 1.34. The molecule has 3 aromatic carbocycles. The fraction of sp³-hybridized carbons (Fsp3) is 0.167. The highest BCUT2D eigenvalue weighted by atomic mass is 32.2. The van der Waals surface area contributed by atoms with E-state index in [2.05, 4.69) is 5.32 Å². The van der Waals surface area contributed by atoms with E-state index >= 15 is 0 Å². The number of para-hydroxylation sites is 1. The maximum absolute atomic E-state index is 12.3. The summed E-state index contributed by atoms with van der Waals surface area (Å²) in [6.45, 7) is -0.365. The fourth-order valence-corrected chi connectivity index (χ4v) is 4.05. The standard InChI is InChI=1S/C24H21NO5S/c1-28-22-13-18-17-9-5-6-10-20(17)30-21(18)14-19(22)25-23(26)15-29-24(27)11-12-31-16-7-3-2-4-8-16/h2-10,13-14H,11-12,15H2,1H3,(H,25,26). The maximum atomic E-state index is 12.3. The minimum Gasteiger partial charge on any atom is -0.495 e. The van der Waals surface area contributed by atoms with Crippen LogP contribution >= 0.6 is 11.8 Å². The highest BCUT2D eigenvalue weighted by Crippen LogP contribution is 2.36. The molecular formula is C24H21NO5S. The van der Waals surface area contributed by atoms with E-state index in [1.165, 1.54) is 7.11 Å². The number of rotatable bonds is 8. The van der Waals surface area contributed by atoms with E-state index in [1.807, 2.05) is 60.7 Å². The van der Waals surface area contributed by atoms with Crippen molar-refractivity contribution in [3.63, 3.8) is 0 Å². The molecule has 1 aromatic heterocycles. The van der Waals surface area contributed by atoms with Crippen LogP contribution in [-0.2, 0) is 14.3 Å². The number of nitrogens with one attached hydrogen (secondary N) is 1. The molecule has 0 aliphatic rings. The number of fused-ring (bicyclic) bond motifs is 3. The van der Waals surface area contributed by atoms with Crippen LogP contribution in [0.25, 0.3) is 21.9 Å². The van der Waals surface area contributed by atoms with E-state index in [4.69, 9.17) is 13.9 Å². The second-order valence-electron chi connectivity index (χ2n) is 6.77. The lowest BCUT2D eigenvalue weighted by molar-refractivity contribution is -0.146. The van der Waals surface area contributed by atoms with Gasteiger partial charge in [-0.1, -0.05) is 36.4 Å². The van der Waals surface area contributed by atoms with Crippen molar-refractivity contribution in [1.29, 1.82) is 0 Å². The lowest BCUT2D eigenvalue weighted by Gasteiger charge is -2.10. The van der Waals surface area contributed by atoms with E-state index in [0.29, 0.717) is 22.8 Å². The van der Waals surface area contributed by atoms with Crippen LogP contribution in [0.2, 0.25) is 0 Å². The molecule has 0 aliphatic carbocycles. The summed E-state index contributed by atoms with van der Waals surface area (Å²) in [5, 5.41) is 4.59. The zero-order valence-electron chi connectivity index (χ0n) is 16.9. The summed E-state index contributed by atoms with van der Waals surface area (Å²) in [5.41, 5.74) is 1.84. The number of anilines is 1. The molecule has 0 atom stereocenters. The molecule has 0 fully saturated rings. The molecule has 1 N–H and O–H groups in total. The third-order valence-corrected chi connectivity index (χ3v) is 5.67. The van der Waals surface area contributed by atoms with Crippen molar-refractivity contribution in [1.82, 2.24) is 0 Å². The quantitative estimate of drug-likeness (QED) is 0.301. The van der Waals surface area contributed by atoms with E-state index in [-0.39, 0.29) is 13.0 Å². The van der Waals surface area contributed by atoms with Crippen molar-refractivity contribution < 1.29 is 23.5 Å². The Morgan fingerprint density at radius 2 is 1.74 bits per heavy atom. The summed E-state index contributed by atoms with van der Waals surface area (Å²) in [4.78, 5) is 25.3. The predicted molar refractivity (Wildman–Crippen MR) is 122 cm³/mol. The minimum absolute atomic E-state index is 0.223. The summed E-state index contributed by atoms with van der Waals surface area (Å²) in [6.07, 6.45) is 0.223. The van der Waals surface area contributed by atoms with Gasteiger partial charge in [0.25, 0.3) is 5.91 Å². The molecule has 0 saturated carbocycles. The third kappa shape index (κ3) is 5.00. The Kier molecular flexibility index (Phi) is 6.43. The molecule has 1 amide bonds. The van der Waals surface area contributed by atoms with Crippen molar-refractivity contribution >= 4 is 51.3 Å². The van der Waals surface area contributed by atoms with Crippen molar-refractivity contribution in [2.24, 2.45) is 0 Å². The number of hydrogen-bond donors (Lipinski definition) is 1. The topological polar surface area (TPSA) is 77.8 Å². The molecule has 158 valence electrons. The fourth-order valence-electron chi connectivity index (χ4n) is 3.19. The molecule has 0 radical (unpaired) electrons. The number of thioether (sulfide) groups is 1. The van der Waals surface area contributed by atoms with Crippen LogP contribution in [0.5, 0.6) is 5.75 Å². The van der Waals surface area contributed by atoms with Crippen LogP contribution in [-0.4, -0.2) is 31.3 Å². The first-order valence-electron chi connectivity index (χ1n) is 9.76. The van der Waals surface area contributed by atoms with E-state index in [0.717, 1.165) is 21.3 Å². The SMILES string of the molecule is COc1cc2c(cc1NC(=O)COC(=O)CCSc1ccccc1)oc1ccccc12. The van der Waals surface area contributed by atoms with Gasteiger partial charge < -0.3 is 19.2 Å². The van der Waals surface area contributed by atoms with Gasteiger partial charge in [-0.15, -0.1) is 11.8 Å². The molecule has 0 unspecified atom stereocenters. The van der Waals surface area contributed by atoms with E-state index < -0.39 is 11.9 Å². The molecule has 31 heavy (non-hydrogen) atoms. The maximum Gasteiger partial charge on any atom is 0.307 e. The zero-order chi connectivity index (χ0) is 21.6. The number of hydrogen-bond acceptors (Lipinski definition) is 6. The smallest absolute Gasteiger partial charge is 0.307 e. The number of amides is 1. The number of carbonyl (C=O) groups excluding carboxylic acids is 2. The van der Waals surface area contributed by atoms with E-state index in [9.17, 15) is 9.59 Å². The summed E-state index contributed by atoms with van der Waals surface area (Å²) in [5.74, 6) is 0.218. The highest BCUT2D eigenvalue weighted by molar-refractivity contribution is 7.99. The highest BCUT2D eigenvalue weighted by Gasteiger charge is 2.15. The van der Waals surface area contributed by atoms with Gasteiger partial charge >= 0.3 is 5.97 Å². The van der Waals surface area contributed by atoms with Gasteiger partial charge in [0.05, 0.1) is 19.2 Å². The summed E-state index contributed by atoms with van der Waals surface area (Å²) in [7, 11) is 1.53. The molecule has 7 heteroatoms. The van der Waals surface area contributed by atoms with Crippen LogP contribution < -0.4 is 10.1 Å². The van der Waals surface area contributed by atoms with Gasteiger partial charge in [-0.05, 0) is 24.3 Å². The second kappa shape index (κ2) is 9.57. The normalized spacial score (nSPS) is 10.9. The van der Waals surface area contributed by atoms with Gasteiger partial charge in [0, 0.05) is 27.5 Å². The largest absolute Gasteiger partial charge is 0.495 e. The van der Waals surface area contributed by atoms with Crippen LogP contribution in [0.3, 0.4) is 0 Å². The van der Waals surface area contributed by atoms with Crippen LogP contribution in [0.15, 0.2) is 76.0 Å². The molecule has 6 nitrogen and oxygen atoms in total. The van der Waals surface area contributed by atoms with Crippen molar-refractivity contribution in [3.05, 3.63) is 66.7 Å². The first kappa shape index (κ1) is 20.8. The Hall–Kier alpha value is -3.45. The Morgan fingerprint density at radius 1 is 0.968 bits per heavy atom. The second-order valence-corrected chi connectivity index (χ2v) is 7.94. The number of ether oxygens (including phenoxy) is 2. The first-order valence-corrected chi connectivity index (χ1v) is 10.7. The van der Waals surface area contributed by atoms with Crippen molar-refractivity contribution in [3.8, 4) is 5.75 Å². The molecule has 4 rings (SSSR count). The number of furan rings is 1. The molecule has 0 spiro atoms.